The molecule has 1 rings (SSSR count). The van der Waals surface area contributed by atoms with Gasteiger partial charge in [-0.3, -0.25) is 4.79 Å². The van der Waals surface area contributed by atoms with Crippen LogP contribution in [0.1, 0.15) is 17.3 Å². The van der Waals surface area contributed by atoms with E-state index in [0.717, 1.165) is 6.07 Å². The Labute approximate surface area is 86.5 Å². The fraction of sp³-hybridized carbons (Fsp3) is 0.300. The van der Waals surface area contributed by atoms with Crippen LogP contribution >= 0.6 is 0 Å². The standard InChI is InChI=1S/C10H12FNO3/c1-5(12)9(13)8-6(11)3-4-7(15-2)10(8)14/h3-5,14H,12H2,1-2H3. The molecular weight excluding hydrogens is 201 g/mol. The van der Waals surface area contributed by atoms with E-state index in [9.17, 15) is 14.3 Å². The van der Waals surface area contributed by atoms with Gasteiger partial charge < -0.3 is 15.6 Å². The summed E-state index contributed by atoms with van der Waals surface area (Å²) in [5, 5.41) is 9.55. The first-order valence-corrected chi connectivity index (χ1v) is 4.34. The molecule has 0 aliphatic heterocycles. The molecule has 1 aromatic rings. The second-order valence-electron chi connectivity index (χ2n) is 3.13. The third kappa shape index (κ3) is 2.07. The van der Waals surface area contributed by atoms with Gasteiger partial charge in [-0.15, -0.1) is 0 Å². The fourth-order valence-corrected chi connectivity index (χ4v) is 1.17. The largest absolute Gasteiger partial charge is 0.504 e. The molecule has 0 radical (unpaired) electrons. The Kier molecular flexibility index (Phi) is 3.26. The number of hydrogen-bond donors (Lipinski definition) is 2. The Morgan fingerprint density at radius 1 is 1.60 bits per heavy atom. The van der Waals surface area contributed by atoms with Crippen molar-refractivity contribution in [2.45, 2.75) is 13.0 Å². The summed E-state index contributed by atoms with van der Waals surface area (Å²) in [5.41, 5.74) is 4.90. The van der Waals surface area contributed by atoms with Crippen molar-refractivity contribution < 1.29 is 19.0 Å². The van der Waals surface area contributed by atoms with Gasteiger partial charge in [-0.1, -0.05) is 0 Å². The molecule has 0 aromatic heterocycles. The summed E-state index contributed by atoms with van der Waals surface area (Å²) < 4.78 is 18.0. The number of halogens is 1. The molecule has 5 heteroatoms. The van der Waals surface area contributed by atoms with Gasteiger partial charge in [0.1, 0.15) is 11.4 Å². The van der Waals surface area contributed by atoms with Crippen LogP contribution in [0.5, 0.6) is 11.5 Å². The highest BCUT2D eigenvalue weighted by Crippen LogP contribution is 2.32. The molecule has 0 saturated heterocycles. The van der Waals surface area contributed by atoms with Gasteiger partial charge in [-0.25, -0.2) is 4.39 Å². The summed E-state index contributed by atoms with van der Waals surface area (Å²) in [6, 6.07) is 1.41. The van der Waals surface area contributed by atoms with Crippen molar-refractivity contribution in [1.29, 1.82) is 0 Å². The molecular formula is C10H12FNO3. The van der Waals surface area contributed by atoms with Crippen LogP contribution in [0.3, 0.4) is 0 Å². The normalized spacial score (nSPS) is 12.3. The van der Waals surface area contributed by atoms with Crippen LogP contribution in [-0.2, 0) is 0 Å². The number of carbonyl (C=O) groups excluding carboxylic acids is 1. The second kappa shape index (κ2) is 4.27. The molecule has 1 atom stereocenters. The van der Waals surface area contributed by atoms with Gasteiger partial charge in [0, 0.05) is 0 Å². The van der Waals surface area contributed by atoms with Gasteiger partial charge >= 0.3 is 0 Å². The minimum atomic E-state index is -0.877. The zero-order chi connectivity index (χ0) is 11.6. The number of nitrogens with two attached hydrogens (primary N) is 1. The van der Waals surface area contributed by atoms with Crippen LogP contribution in [-0.4, -0.2) is 24.0 Å². The van der Waals surface area contributed by atoms with Gasteiger partial charge in [-0.05, 0) is 19.1 Å². The molecule has 82 valence electrons. The maximum atomic E-state index is 13.3. The molecule has 0 amide bonds. The zero-order valence-corrected chi connectivity index (χ0v) is 8.45. The van der Waals surface area contributed by atoms with Crippen LogP contribution in [0.15, 0.2) is 12.1 Å². The predicted molar refractivity (Wildman–Crippen MR) is 52.6 cm³/mol. The van der Waals surface area contributed by atoms with Crippen molar-refractivity contribution in [2.75, 3.05) is 7.11 Å². The quantitative estimate of drug-likeness (QED) is 0.736. The van der Waals surface area contributed by atoms with Crippen molar-refractivity contribution in [1.82, 2.24) is 0 Å². The van der Waals surface area contributed by atoms with Crippen molar-refractivity contribution in [3.05, 3.63) is 23.5 Å². The molecule has 0 fully saturated rings. The van der Waals surface area contributed by atoms with E-state index in [1.807, 2.05) is 0 Å². The molecule has 0 saturated carbocycles. The van der Waals surface area contributed by atoms with Crippen LogP contribution in [0.25, 0.3) is 0 Å². The van der Waals surface area contributed by atoms with Crippen LogP contribution < -0.4 is 10.5 Å². The summed E-state index contributed by atoms with van der Waals surface area (Å²) in [4.78, 5) is 11.5. The second-order valence-corrected chi connectivity index (χ2v) is 3.13. The van der Waals surface area contributed by atoms with E-state index in [1.54, 1.807) is 0 Å². The molecule has 4 nitrogen and oxygen atoms in total. The van der Waals surface area contributed by atoms with E-state index in [-0.39, 0.29) is 5.75 Å². The van der Waals surface area contributed by atoms with Crippen molar-refractivity contribution >= 4 is 5.78 Å². The van der Waals surface area contributed by atoms with E-state index >= 15 is 0 Å². The van der Waals surface area contributed by atoms with Gasteiger partial charge in [0.15, 0.2) is 17.3 Å². The van der Waals surface area contributed by atoms with E-state index in [1.165, 1.54) is 20.1 Å². The first kappa shape index (κ1) is 11.5. The number of carbonyl (C=O) groups is 1. The summed E-state index contributed by atoms with van der Waals surface area (Å²) in [6.07, 6.45) is 0. The van der Waals surface area contributed by atoms with Gasteiger partial charge in [0.25, 0.3) is 0 Å². The summed E-state index contributed by atoms with van der Waals surface area (Å²) >= 11 is 0. The number of ether oxygens (including phenoxy) is 1. The highest BCUT2D eigenvalue weighted by atomic mass is 19.1. The van der Waals surface area contributed by atoms with Gasteiger partial charge in [-0.2, -0.15) is 0 Å². The predicted octanol–water partition coefficient (Wildman–Crippen LogP) is 1.07. The average Bonchev–Trinajstić information content (AvgIpc) is 2.17. The fourth-order valence-electron chi connectivity index (χ4n) is 1.17. The molecule has 1 unspecified atom stereocenters. The maximum absolute atomic E-state index is 13.3. The first-order chi connectivity index (χ1) is 6.99. The molecule has 15 heavy (non-hydrogen) atoms. The topological polar surface area (TPSA) is 72.5 Å². The lowest BCUT2D eigenvalue weighted by molar-refractivity contribution is 0.0960. The molecule has 1 aromatic carbocycles. The number of ketones is 1. The lowest BCUT2D eigenvalue weighted by atomic mass is 10.0. The Morgan fingerprint density at radius 3 is 2.67 bits per heavy atom. The average molecular weight is 213 g/mol. The number of phenolic OH excluding ortho intramolecular Hbond substituents is 1. The zero-order valence-electron chi connectivity index (χ0n) is 8.45. The summed E-state index contributed by atoms with van der Waals surface area (Å²) in [7, 11) is 1.31. The van der Waals surface area contributed by atoms with Gasteiger partial charge in [0.05, 0.1) is 13.2 Å². The summed E-state index contributed by atoms with van der Waals surface area (Å²) in [6.45, 7) is 1.42. The van der Waals surface area contributed by atoms with Crippen molar-refractivity contribution in [2.24, 2.45) is 5.73 Å². The lowest BCUT2D eigenvalue weighted by Gasteiger charge is -2.10. The molecule has 3 N–H and O–H groups in total. The molecule has 0 spiro atoms. The molecule has 0 bridgehead atoms. The van der Waals surface area contributed by atoms with Crippen molar-refractivity contribution in [3.63, 3.8) is 0 Å². The number of benzene rings is 1. The Balaban J connectivity index is 3.33. The Morgan fingerprint density at radius 2 is 2.20 bits per heavy atom. The van der Waals surface area contributed by atoms with Crippen molar-refractivity contribution in [3.8, 4) is 11.5 Å². The minimum Gasteiger partial charge on any atom is -0.504 e. The van der Waals surface area contributed by atoms with Crippen LogP contribution in [0, 0.1) is 5.82 Å². The summed E-state index contributed by atoms with van der Waals surface area (Å²) in [5.74, 6) is -1.94. The molecule has 0 heterocycles. The van der Waals surface area contributed by atoms with E-state index in [2.05, 4.69) is 0 Å². The highest BCUT2D eigenvalue weighted by Gasteiger charge is 2.22. The van der Waals surface area contributed by atoms with Crippen LogP contribution in [0.2, 0.25) is 0 Å². The lowest BCUT2D eigenvalue weighted by Crippen LogP contribution is -2.27. The molecule has 0 aliphatic rings. The number of phenols is 1. The number of aromatic hydroxyl groups is 1. The smallest absolute Gasteiger partial charge is 0.186 e. The third-order valence-electron chi connectivity index (χ3n) is 1.97. The number of Topliss-reactive ketones (excluding diaryl/α,β-unsaturated/α-hetero) is 1. The molecule has 0 aliphatic carbocycles. The van der Waals surface area contributed by atoms with Gasteiger partial charge in [0.2, 0.25) is 0 Å². The Bertz CT molecular complexity index is 390. The minimum absolute atomic E-state index is 0.0420. The number of methoxy groups -OCH3 is 1. The van der Waals surface area contributed by atoms with Crippen LogP contribution in [0.4, 0.5) is 4.39 Å². The highest BCUT2D eigenvalue weighted by molar-refractivity contribution is 6.02. The SMILES string of the molecule is COc1ccc(F)c(C(=O)C(C)N)c1O. The monoisotopic (exact) mass is 213 g/mol. The van der Waals surface area contributed by atoms with E-state index < -0.39 is 29.0 Å². The maximum Gasteiger partial charge on any atom is 0.186 e. The third-order valence-corrected chi connectivity index (χ3v) is 1.97. The van der Waals surface area contributed by atoms with E-state index in [0.29, 0.717) is 0 Å². The number of hydrogen-bond acceptors (Lipinski definition) is 4. The Hall–Kier alpha value is -1.62. The number of rotatable bonds is 3. The van der Waals surface area contributed by atoms with E-state index in [4.69, 9.17) is 10.5 Å². The first-order valence-electron chi connectivity index (χ1n) is 4.34.